The second kappa shape index (κ2) is 10.7. The molecule has 0 spiro atoms. The number of carbonyl (C=O) groups excluding carboxylic acids is 2. The van der Waals surface area contributed by atoms with Crippen LogP contribution in [0.2, 0.25) is 0 Å². The van der Waals surface area contributed by atoms with E-state index in [1.54, 1.807) is 18.2 Å². The zero-order valence-corrected chi connectivity index (χ0v) is 20.1. The molecule has 1 aliphatic rings. The molecule has 1 fully saturated rings. The van der Waals surface area contributed by atoms with Crippen LogP contribution in [0.25, 0.3) is 11.3 Å². The van der Waals surface area contributed by atoms with Crippen LogP contribution in [-0.2, 0) is 6.54 Å². The van der Waals surface area contributed by atoms with E-state index in [2.05, 4.69) is 48.5 Å². The topological polar surface area (TPSA) is 122 Å². The number of carbonyl (C=O) groups is 2. The van der Waals surface area contributed by atoms with Crippen LogP contribution >= 0.6 is 22.6 Å². The molecule has 170 valence electrons. The molecule has 0 unspecified atom stereocenters. The standard InChI is InChI=1S/C24H25IN6O2/c25-18-8-6-15(7-9-18)12-29-23(32)17-4-1-3-16(11-17)20-14-28-22(26)21(31-20)24(33)30-19-5-2-10-27-13-19/h1,3-4,6-9,11,14,19,27H,2,5,10,12-13H2,(H2,26,28)(H,29,32)(H,30,33)/t19-/m0/s1. The van der Waals surface area contributed by atoms with Crippen molar-refractivity contribution in [3.8, 4) is 11.3 Å². The molecule has 1 saturated heterocycles. The van der Waals surface area contributed by atoms with Crippen LogP contribution in [0.4, 0.5) is 5.82 Å². The first-order valence-corrected chi connectivity index (χ1v) is 11.8. The molecule has 0 bridgehead atoms. The predicted molar refractivity (Wildman–Crippen MR) is 136 cm³/mol. The van der Waals surface area contributed by atoms with Gasteiger partial charge in [-0.3, -0.25) is 9.59 Å². The highest BCUT2D eigenvalue weighted by atomic mass is 127. The van der Waals surface area contributed by atoms with E-state index in [9.17, 15) is 9.59 Å². The number of hydrogen-bond donors (Lipinski definition) is 4. The SMILES string of the molecule is Nc1ncc(-c2cccc(C(=O)NCc3ccc(I)cc3)c2)nc1C(=O)N[C@H]1CCCNC1. The number of nitrogen functional groups attached to an aromatic ring is 1. The van der Waals surface area contributed by atoms with Crippen LogP contribution in [0, 0.1) is 3.57 Å². The van der Waals surface area contributed by atoms with Gasteiger partial charge in [0, 0.05) is 33.8 Å². The molecule has 8 nitrogen and oxygen atoms in total. The number of hydrogen-bond acceptors (Lipinski definition) is 6. The maximum absolute atomic E-state index is 12.7. The molecule has 2 heterocycles. The lowest BCUT2D eigenvalue weighted by Gasteiger charge is -2.23. The van der Waals surface area contributed by atoms with E-state index in [0.717, 1.165) is 35.1 Å². The Morgan fingerprint density at radius 3 is 2.73 bits per heavy atom. The van der Waals surface area contributed by atoms with Crippen molar-refractivity contribution in [2.24, 2.45) is 0 Å². The maximum atomic E-state index is 12.7. The average molecular weight is 556 g/mol. The van der Waals surface area contributed by atoms with E-state index in [1.165, 1.54) is 6.20 Å². The van der Waals surface area contributed by atoms with Gasteiger partial charge < -0.3 is 21.7 Å². The predicted octanol–water partition coefficient (Wildman–Crippen LogP) is 2.74. The number of piperidine rings is 1. The Morgan fingerprint density at radius 2 is 1.97 bits per heavy atom. The first-order valence-electron chi connectivity index (χ1n) is 10.8. The number of amides is 2. The normalized spacial score (nSPS) is 15.6. The molecule has 1 atom stereocenters. The highest BCUT2D eigenvalue weighted by molar-refractivity contribution is 14.1. The van der Waals surface area contributed by atoms with E-state index in [4.69, 9.17) is 5.73 Å². The molecule has 1 aromatic heterocycles. The third kappa shape index (κ3) is 6.05. The quantitative estimate of drug-likeness (QED) is 0.347. The number of aromatic nitrogens is 2. The summed E-state index contributed by atoms with van der Waals surface area (Å²) in [5, 5.41) is 9.16. The summed E-state index contributed by atoms with van der Waals surface area (Å²) < 4.78 is 1.14. The van der Waals surface area contributed by atoms with Crippen molar-refractivity contribution in [3.05, 3.63) is 75.1 Å². The van der Waals surface area contributed by atoms with Gasteiger partial charge in [-0.25, -0.2) is 9.97 Å². The number of anilines is 1. The largest absolute Gasteiger partial charge is 0.382 e. The van der Waals surface area contributed by atoms with Gasteiger partial charge in [-0.15, -0.1) is 0 Å². The van der Waals surface area contributed by atoms with Gasteiger partial charge in [0.1, 0.15) is 0 Å². The number of nitrogens with one attached hydrogen (secondary N) is 3. The summed E-state index contributed by atoms with van der Waals surface area (Å²) >= 11 is 2.24. The smallest absolute Gasteiger partial charge is 0.274 e. The van der Waals surface area contributed by atoms with Crippen LogP contribution < -0.4 is 21.7 Å². The molecule has 0 radical (unpaired) electrons. The molecule has 2 amide bonds. The van der Waals surface area contributed by atoms with Crippen LogP contribution in [0.3, 0.4) is 0 Å². The summed E-state index contributed by atoms with van der Waals surface area (Å²) in [5.74, 6) is -0.463. The van der Waals surface area contributed by atoms with E-state index in [-0.39, 0.29) is 29.4 Å². The molecule has 4 rings (SSSR count). The van der Waals surface area contributed by atoms with Gasteiger partial charge in [-0.1, -0.05) is 24.3 Å². The minimum atomic E-state index is -0.345. The third-order valence-electron chi connectivity index (χ3n) is 5.43. The highest BCUT2D eigenvalue weighted by Crippen LogP contribution is 2.20. The monoisotopic (exact) mass is 556 g/mol. The fourth-order valence-corrected chi connectivity index (χ4v) is 4.00. The van der Waals surface area contributed by atoms with E-state index >= 15 is 0 Å². The van der Waals surface area contributed by atoms with Crippen molar-refractivity contribution in [1.82, 2.24) is 25.9 Å². The molecule has 2 aromatic carbocycles. The molecular weight excluding hydrogens is 531 g/mol. The van der Waals surface area contributed by atoms with Crippen molar-refractivity contribution in [3.63, 3.8) is 0 Å². The Morgan fingerprint density at radius 1 is 1.15 bits per heavy atom. The van der Waals surface area contributed by atoms with Crippen molar-refractivity contribution in [1.29, 1.82) is 0 Å². The van der Waals surface area contributed by atoms with Crippen LogP contribution in [0.5, 0.6) is 0 Å². The van der Waals surface area contributed by atoms with Crippen molar-refractivity contribution < 1.29 is 9.59 Å². The summed E-state index contributed by atoms with van der Waals surface area (Å²) in [4.78, 5) is 34.1. The molecule has 0 saturated carbocycles. The summed E-state index contributed by atoms with van der Waals surface area (Å²) in [6.45, 7) is 2.11. The first-order chi connectivity index (χ1) is 16.0. The van der Waals surface area contributed by atoms with E-state index in [0.29, 0.717) is 23.4 Å². The van der Waals surface area contributed by atoms with Crippen LogP contribution in [-0.4, -0.2) is 40.9 Å². The summed E-state index contributed by atoms with van der Waals surface area (Å²) in [6, 6.07) is 15.1. The van der Waals surface area contributed by atoms with E-state index < -0.39 is 0 Å². The fourth-order valence-electron chi connectivity index (χ4n) is 3.64. The average Bonchev–Trinajstić information content (AvgIpc) is 2.84. The van der Waals surface area contributed by atoms with Gasteiger partial charge in [-0.05, 0) is 71.8 Å². The number of rotatable bonds is 6. The Kier molecular flexibility index (Phi) is 7.50. The molecule has 9 heteroatoms. The number of nitrogens with zero attached hydrogens (tertiary/aromatic N) is 2. The van der Waals surface area contributed by atoms with Gasteiger partial charge in [-0.2, -0.15) is 0 Å². The van der Waals surface area contributed by atoms with Gasteiger partial charge in [0.25, 0.3) is 11.8 Å². The third-order valence-corrected chi connectivity index (χ3v) is 6.15. The lowest BCUT2D eigenvalue weighted by Crippen LogP contribution is -2.46. The molecule has 1 aliphatic heterocycles. The highest BCUT2D eigenvalue weighted by Gasteiger charge is 2.20. The Hall–Kier alpha value is -3.05. The maximum Gasteiger partial charge on any atom is 0.274 e. The Bertz CT molecular complexity index is 1150. The molecule has 3 aromatic rings. The molecule has 5 N–H and O–H groups in total. The summed E-state index contributed by atoms with van der Waals surface area (Å²) in [7, 11) is 0. The zero-order chi connectivity index (χ0) is 23.2. The van der Waals surface area contributed by atoms with Gasteiger partial charge in [0.15, 0.2) is 11.5 Å². The van der Waals surface area contributed by atoms with Crippen molar-refractivity contribution in [2.45, 2.75) is 25.4 Å². The Balaban J connectivity index is 1.48. The first kappa shape index (κ1) is 23.1. The fraction of sp³-hybridized carbons (Fsp3) is 0.250. The second-order valence-electron chi connectivity index (χ2n) is 7.90. The van der Waals surface area contributed by atoms with Gasteiger partial charge in [0.05, 0.1) is 11.9 Å². The second-order valence-corrected chi connectivity index (χ2v) is 9.14. The Labute approximate surface area is 205 Å². The minimum absolute atomic E-state index is 0.0382. The van der Waals surface area contributed by atoms with Gasteiger partial charge >= 0.3 is 0 Å². The lowest BCUT2D eigenvalue weighted by molar-refractivity contribution is 0.0923. The zero-order valence-electron chi connectivity index (χ0n) is 18.0. The van der Waals surface area contributed by atoms with Crippen LogP contribution in [0.1, 0.15) is 39.3 Å². The molecule has 33 heavy (non-hydrogen) atoms. The minimum Gasteiger partial charge on any atom is -0.382 e. The number of nitrogens with two attached hydrogens (primary N) is 1. The van der Waals surface area contributed by atoms with Gasteiger partial charge in [0.2, 0.25) is 0 Å². The van der Waals surface area contributed by atoms with Crippen molar-refractivity contribution in [2.75, 3.05) is 18.8 Å². The lowest BCUT2D eigenvalue weighted by atomic mass is 10.1. The summed E-state index contributed by atoms with van der Waals surface area (Å²) in [5.41, 5.74) is 8.70. The van der Waals surface area contributed by atoms with Crippen LogP contribution in [0.15, 0.2) is 54.7 Å². The number of halogens is 1. The molecule has 0 aliphatic carbocycles. The van der Waals surface area contributed by atoms with Crippen molar-refractivity contribution >= 4 is 40.2 Å². The summed E-state index contributed by atoms with van der Waals surface area (Å²) in [6.07, 6.45) is 3.42. The molecular formula is C24H25IN6O2. The van der Waals surface area contributed by atoms with E-state index in [1.807, 2.05) is 30.3 Å². The number of benzene rings is 2.